The smallest absolute Gasteiger partial charge is 0.313 e. The van der Waals surface area contributed by atoms with E-state index in [1.165, 1.54) is 12.3 Å². The second kappa shape index (κ2) is 4.85. The Morgan fingerprint density at radius 3 is 3.06 bits per heavy atom. The first kappa shape index (κ1) is 12.1. The maximum absolute atomic E-state index is 10.9. The second-order valence-electron chi connectivity index (χ2n) is 4.10. The maximum Gasteiger partial charge on any atom is 0.313 e. The summed E-state index contributed by atoms with van der Waals surface area (Å²) in [5.41, 5.74) is 5.79. The number of anilines is 1. The zero-order valence-corrected chi connectivity index (χ0v) is 9.93. The van der Waals surface area contributed by atoms with E-state index in [1.807, 2.05) is 4.90 Å². The quantitative estimate of drug-likeness (QED) is 0.641. The molecule has 0 saturated carbocycles. The summed E-state index contributed by atoms with van der Waals surface area (Å²) in [7, 11) is 0. The fourth-order valence-corrected chi connectivity index (χ4v) is 2.15. The molecule has 1 aliphatic heterocycles. The number of nitro groups is 1. The largest absolute Gasteiger partial charge is 0.349 e. The van der Waals surface area contributed by atoms with Gasteiger partial charge in [-0.1, -0.05) is 11.6 Å². The Morgan fingerprint density at radius 1 is 1.65 bits per heavy atom. The van der Waals surface area contributed by atoms with Gasteiger partial charge in [0, 0.05) is 31.4 Å². The van der Waals surface area contributed by atoms with Crippen LogP contribution in [0.1, 0.15) is 12.8 Å². The maximum atomic E-state index is 10.9. The molecule has 1 unspecified atom stereocenters. The van der Waals surface area contributed by atoms with Crippen molar-refractivity contribution in [2.45, 2.75) is 18.9 Å². The molecule has 2 N–H and O–H groups in total. The first-order valence-electron chi connectivity index (χ1n) is 5.38. The van der Waals surface area contributed by atoms with E-state index < -0.39 is 4.92 Å². The van der Waals surface area contributed by atoms with Gasteiger partial charge in [0.05, 0.1) is 9.95 Å². The number of pyridine rings is 1. The monoisotopic (exact) mass is 256 g/mol. The molecule has 0 aromatic carbocycles. The van der Waals surface area contributed by atoms with Crippen molar-refractivity contribution in [3.63, 3.8) is 0 Å². The summed E-state index contributed by atoms with van der Waals surface area (Å²) < 4.78 is 0. The second-order valence-corrected chi connectivity index (χ2v) is 4.54. The number of nitrogens with two attached hydrogens (primary N) is 1. The average molecular weight is 257 g/mol. The van der Waals surface area contributed by atoms with E-state index in [4.69, 9.17) is 17.3 Å². The van der Waals surface area contributed by atoms with E-state index in [9.17, 15) is 10.1 Å². The molecule has 7 heteroatoms. The minimum Gasteiger partial charge on any atom is -0.349 e. The molecule has 17 heavy (non-hydrogen) atoms. The van der Waals surface area contributed by atoms with Gasteiger partial charge < -0.3 is 10.6 Å². The van der Waals surface area contributed by atoms with Crippen molar-refractivity contribution < 1.29 is 4.92 Å². The molecule has 6 nitrogen and oxygen atoms in total. The van der Waals surface area contributed by atoms with Crippen LogP contribution in [0.2, 0.25) is 5.02 Å². The third-order valence-electron chi connectivity index (χ3n) is 2.77. The Kier molecular flexibility index (Phi) is 3.44. The highest BCUT2D eigenvalue weighted by molar-refractivity contribution is 6.30. The van der Waals surface area contributed by atoms with Crippen molar-refractivity contribution in [3.8, 4) is 0 Å². The minimum absolute atomic E-state index is 0.0424. The summed E-state index contributed by atoms with van der Waals surface area (Å²) in [5, 5.41) is 11.2. The number of hydrogen-bond donors (Lipinski definition) is 1. The molecule has 1 aromatic rings. The van der Waals surface area contributed by atoms with E-state index in [2.05, 4.69) is 4.98 Å². The van der Waals surface area contributed by atoms with E-state index >= 15 is 0 Å². The third kappa shape index (κ3) is 2.65. The van der Waals surface area contributed by atoms with Crippen molar-refractivity contribution in [2.24, 2.45) is 5.73 Å². The van der Waals surface area contributed by atoms with Crippen molar-refractivity contribution >= 4 is 23.1 Å². The minimum atomic E-state index is -0.464. The van der Waals surface area contributed by atoms with Crippen LogP contribution in [-0.4, -0.2) is 29.0 Å². The molecule has 0 radical (unpaired) electrons. The van der Waals surface area contributed by atoms with Crippen LogP contribution in [-0.2, 0) is 0 Å². The molecule has 1 aliphatic rings. The van der Waals surface area contributed by atoms with Crippen molar-refractivity contribution in [3.05, 3.63) is 27.4 Å². The highest BCUT2D eigenvalue weighted by atomic mass is 35.5. The summed E-state index contributed by atoms with van der Waals surface area (Å²) in [5.74, 6) is 0.356. The zero-order valence-electron chi connectivity index (χ0n) is 9.17. The van der Waals surface area contributed by atoms with Crippen LogP contribution < -0.4 is 10.6 Å². The number of hydrogen-bond acceptors (Lipinski definition) is 5. The summed E-state index contributed by atoms with van der Waals surface area (Å²) >= 11 is 5.72. The summed E-state index contributed by atoms with van der Waals surface area (Å²) in [6, 6.07) is 1.37. The average Bonchev–Trinajstić information content (AvgIpc) is 2.28. The molecule has 92 valence electrons. The number of nitrogens with zero attached hydrogens (tertiary/aromatic N) is 3. The van der Waals surface area contributed by atoms with E-state index in [0.717, 1.165) is 19.4 Å². The van der Waals surface area contributed by atoms with Crippen LogP contribution in [0.25, 0.3) is 0 Å². The number of piperidine rings is 1. The first-order chi connectivity index (χ1) is 8.08. The lowest BCUT2D eigenvalue weighted by Gasteiger charge is -2.31. The molecule has 0 bridgehead atoms. The van der Waals surface area contributed by atoms with Gasteiger partial charge in [-0.05, 0) is 12.8 Å². The van der Waals surface area contributed by atoms with Crippen molar-refractivity contribution in [2.75, 3.05) is 18.0 Å². The molecular formula is C10H13ClN4O2. The molecule has 0 aliphatic carbocycles. The molecule has 1 fully saturated rings. The molecule has 1 atom stereocenters. The van der Waals surface area contributed by atoms with Crippen molar-refractivity contribution in [1.82, 2.24) is 4.98 Å². The fourth-order valence-electron chi connectivity index (χ4n) is 2.00. The van der Waals surface area contributed by atoms with Crippen LogP contribution in [0.5, 0.6) is 0 Å². The molecule has 0 spiro atoms. The van der Waals surface area contributed by atoms with Gasteiger partial charge in [0.1, 0.15) is 0 Å². The molecular weight excluding hydrogens is 244 g/mol. The predicted molar refractivity (Wildman–Crippen MR) is 65.3 cm³/mol. The standard InChI is InChI=1S/C10H13ClN4O2/c11-7-4-9(15(16)17)10(13-5-7)14-3-1-2-8(12)6-14/h4-5,8H,1-3,6,12H2. The number of halogens is 1. The summed E-state index contributed by atoms with van der Waals surface area (Å²) in [6.07, 6.45) is 3.28. The van der Waals surface area contributed by atoms with Crippen LogP contribution in [0.3, 0.4) is 0 Å². The van der Waals surface area contributed by atoms with Gasteiger partial charge in [0.2, 0.25) is 5.82 Å². The number of aromatic nitrogens is 1. The van der Waals surface area contributed by atoms with E-state index in [0.29, 0.717) is 12.4 Å². The normalized spacial score (nSPS) is 20.4. The van der Waals surface area contributed by atoms with Gasteiger partial charge in [-0.3, -0.25) is 10.1 Å². The van der Waals surface area contributed by atoms with Gasteiger partial charge in [-0.15, -0.1) is 0 Å². The summed E-state index contributed by atoms with van der Waals surface area (Å²) in [4.78, 5) is 16.4. The Balaban J connectivity index is 2.33. The Bertz CT molecular complexity index is 440. The molecule has 0 amide bonds. The SMILES string of the molecule is NC1CCCN(c2ncc(Cl)cc2[N+](=O)[O-])C1. The highest BCUT2D eigenvalue weighted by Crippen LogP contribution is 2.29. The zero-order chi connectivity index (χ0) is 12.4. The number of rotatable bonds is 2. The Labute approximate surface area is 104 Å². The van der Waals surface area contributed by atoms with Gasteiger partial charge in [-0.25, -0.2) is 4.98 Å². The van der Waals surface area contributed by atoms with Gasteiger partial charge in [-0.2, -0.15) is 0 Å². The van der Waals surface area contributed by atoms with Crippen LogP contribution >= 0.6 is 11.6 Å². The first-order valence-corrected chi connectivity index (χ1v) is 5.76. The van der Waals surface area contributed by atoms with Gasteiger partial charge in [0.15, 0.2) is 0 Å². The molecule has 2 heterocycles. The third-order valence-corrected chi connectivity index (χ3v) is 2.97. The topological polar surface area (TPSA) is 85.3 Å². The lowest BCUT2D eigenvalue weighted by molar-refractivity contribution is -0.384. The Morgan fingerprint density at radius 2 is 2.41 bits per heavy atom. The predicted octanol–water partition coefficient (Wildman–Crippen LogP) is 1.57. The Hall–Kier alpha value is -1.40. The van der Waals surface area contributed by atoms with Crippen molar-refractivity contribution in [1.29, 1.82) is 0 Å². The molecule has 1 aromatic heterocycles. The van der Waals surface area contributed by atoms with E-state index in [-0.39, 0.29) is 16.8 Å². The lowest BCUT2D eigenvalue weighted by Crippen LogP contribution is -2.43. The summed E-state index contributed by atoms with van der Waals surface area (Å²) in [6.45, 7) is 1.33. The van der Waals surface area contributed by atoms with E-state index in [1.54, 1.807) is 0 Å². The molecule has 1 saturated heterocycles. The highest BCUT2D eigenvalue weighted by Gasteiger charge is 2.25. The van der Waals surface area contributed by atoms with Crippen LogP contribution in [0.4, 0.5) is 11.5 Å². The molecule has 2 rings (SSSR count). The fraction of sp³-hybridized carbons (Fsp3) is 0.500. The van der Waals surface area contributed by atoms with Gasteiger partial charge in [0.25, 0.3) is 0 Å². The van der Waals surface area contributed by atoms with Gasteiger partial charge >= 0.3 is 5.69 Å². The lowest BCUT2D eigenvalue weighted by atomic mass is 10.1. The van der Waals surface area contributed by atoms with Crippen LogP contribution in [0.15, 0.2) is 12.3 Å². The van der Waals surface area contributed by atoms with Crippen LogP contribution in [0, 0.1) is 10.1 Å².